The molecule has 104 valence electrons. The largest absolute Gasteiger partial charge is 0.357 e. The highest BCUT2D eigenvalue weighted by molar-refractivity contribution is 5.92. The second kappa shape index (κ2) is 7.07. The Balaban J connectivity index is 2.07. The Hall–Kier alpha value is -1.65. The number of rotatable bonds is 4. The van der Waals surface area contributed by atoms with Crippen LogP contribution in [0.5, 0.6) is 0 Å². The molecule has 2 rings (SSSR count). The number of nitrogens with zero attached hydrogens (tertiary/aromatic N) is 3. The van der Waals surface area contributed by atoms with Crippen LogP contribution in [0.25, 0.3) is 0 Å². The number of carbonyl (C=O) groups excluding carboxylic acids is 1. The third-order valence-corrected chi connectivity index (χ3v) is 3.35. The van der Waals surface area contributed by atoms with E-state index in [2.05, 4.69) is 20.2 Å². The van der Waals surface area contributed by atoms with Crippen LogP contribution in [0.1, 0.15) is 49.5 Å². The van der Waals surface area contributed by atoms with E-state index >= 15 is 0 Å². The number of carbonyl (C=O) groups is 1. The molecule has 1 aliphatic heterocycles. The van der Waals surface area contributed by atoms with Crippen molar-refractivity contribution in [2.45, 2.75) is 39.0 Å². The van der Waals surface area contributed by atoms with Gasteiger partial charge in [-0.15, -0.1) is 0 Å². The average molecular weight is 262 g/mol. The SMILES string of the molecule is CCCNC(=O)c1cc(N2CCCCCC2)ncn1. The van der Waals surface area contributed by atoms with Gasteiger partial charge in [0, 0.05) is 25.7 Å². The highest BCUT2D eigenvalue weighted by Gasteiger charge is 2.14. The molecule has 1 N–H and O–H groups in total. The van der Waals surface area contributed by atoms with Crippen LogP contribution in [0.2, 0.25) is 0 Å². The Morgan fingerprint density at radius 3 is 2.68 bits per heavy atom. The Bertz CT molecular complexity index is 414. The van der Waals surface area contributed by atoms with Gasteiger partial charge in [0.05, 0.1) is 0 Å². The van der Waals surface area contributed by atoms with Gasteiger partial charge in [-0.2, -0.15) is 0 Å². The average Bonchev–Trinajstić information content (AvgIpc) is 2.74. The first kappa shape index (κ1) is 13.8. The Morgan fingerprint density at radius 2 is 2.00 bits per heavy atom. The predicted octanol–water partition coefficient (Wildman–Crippen LogP) is 2.00. The van der Waals surface area contributed by atoms with Crippen LogP contribution in [0, 0.1) is 0 Å². The molecule has 19 heavy (non-hydrogen) atoms. The minimum absolute atomic E-state index is 0.111. The van der Waals surface area contributed by atoms with E-state index in [0.717, 1.165) is 25.3 Å². The smallest absolute Gasteiger partial charge is 0.270 e. The maximum Gasteiger partial charge on any atom is 0.270 e. The van der Waals surface area contributed by atoms with Crippen LogP contribution in [-0.4, -0.2) is 35.5 Å². The van der Waals surface area contributed by atoms with Crippen molar-refractivity contribution in [1.82, 2.24) is 15.3 Å². The zero-order chi connectivity index (χ0) is 13.5. The van der Waals surface area contributed by atoms with Crippen molar-refractivity contribution in [3.8, 4) is 0 Å². The number of aromatic nitrogens is 2. The van der Waals surface area contributed by atoms with Crippen LogP contribution in [0.15, 0.2) is 12.4 Å². The highest BCUT2D eigenvalue weighted by atomic mass is 16.1. The van der Waals surface area contributed by atoms with Gasteiger partial charge in [0.25, 0.3) is 5.91 Å². The van der Waals surface area contributed by atoms with Gasteiger partial charge in [0.1, 0.15) is 17.8 Å². The molecule has 0 radical (unpaired) electrons. The van der Waals surface area contributed by atoms with E-state index in [0.29, 0.717) is 12.2 Å². The fourth-order valence-electron chi connectivity index (χ4n) is 2.27. The quantitative estimate of drug-likeness (QED) is 0.901. The maximum absolute atomic E-state index is 11.9. The molecule has 1 saturated heterocycles. The third kappa shape index (κ3) is 3.91. The second-order valence-electron chi connectivity index (χ2n) is 4.92. The van der Waals surface area contributed by atoms with Gasteiger partial charge in [0.15, 0.2) is 0 Å². The van der Waals surface area contributed by atoms with Gasteiger partial charge in [-0.05, 0) is 19.3 Å². The van der Waals surface area contributed by atoms with Gasteiger partial charge in [-0.1, -0.05) is 19.8 Å². The number of hydrogen-bond acceptors (Lipinski definition) is 4. The summed E-state index contributed by atoms with van der Waals surface area (Å²) in [4.78, 5) is 22.5. The molecule has 1 aliphatic rings. The molecule has 0 bridgehead atoms. The lowest BCUT2D eigenvalue weighted by Crippen LogP contribution is -2.28. The maximum atomic E-state index is 11.9. The molecule has 0 aromatic carbocycles. The summed E-state index contributed by atoms with van der Waals surface area (Å²) in [6.07, 6.45) is 7.37. The van der Waals surface area contributed by atoms with Crippen molar-refractivity contribution in [1.29, 1.82) is 0 Å². The van der Waals surface area contributed by atoms with E-state index < -0.39 is 0 Å². The summed E-state index contributed by atoms with van der Waals surface area (Å²) in [7, 11) is 0. The van der Waals surface area contributed by atoms with Gasteiger partial charge in [0.2, 0.25) is 0 Å². The Morgan fingerprint density at radius 1 is 1.26 bits per heavy atom. The first-order chi connectivity index (χ1) is 9.31. The molecule has 5 heteroatoms. The summed E-state index contributed by atoms with van der Waals surface area (Å²) < 4.78 is 0. The normalized spacial score (nSPS) is 15.9. The first-order valence-corrected chi connectivity index (χ1v) is 7.16. The Kier molecular flexibility index (Phi) is 5.12. The van der Waals surface area contributed by atoms with Crippen molar-refractivity contribution in [2.24, 2.45) is 0 Å². The molecule has 5 nitrogen and oxygen atoms in total. The van der Waals surface area contributed by atoms with Crippen LogP contribution < -0.4 is 10.2 Å². The molecule has 2 heterocycles. The van der Waals surface area contributed by atoms with E-state index in [9.17, 15) is 4.79 Å². The molecule has 0 saturated carbocycles. The topological polar surface area (TPSA) is 58.1 Å². The summed E-state index contributed by atoms with van der Waals surface area (Å²) >= 11 is 0. The molecule has 0 unspecified atom stereocenters. The molecular weight excluding hydrogens is 240 g/mol. The summed E-state index contributed by atoms with van der Waals surface area (Å²) in [5, 5.41) is 2.84. The van der Waals surface area contributed by atoms with E-state index in [-0.39, 0.29) is 5.91 Å². The number of hydrogen-bond donors (Lipinski definition) is 1. The van der Waals surface area contributed by atoms with Crippen LogP contribution in [0.4, 0.5) is 5.82 Å². The van der Waals surface area contributed by atoms with Crippen LogP contribution in [-0.2, 0) is 0 Å². The summed E-state index contributed by atoms with van der Waals surface area (Å²) in [6, 6.07) is 1.80. The van der Waals surface area contributed by atoms with Crippen molar-refractivity contribution >= 4 is 11.7 Å². The van der Waals surface area contributed by atoms with E-state index in [1.165, 1.54) is 32.0 Å². The lowest BCUT2D eigenvalue weighted by atomic mass is 10.2. The molecule has 0 aliphatic carbocycles. The van der Waals surface area contributed by atoms with Crippen molar-refractivity contribution in [3.05, 3.63) is 18.1 Å². The monoisotopic (exact) mass is 262 g/mol. The van der Waals surface area contributed by atoms with E-state index in [4.69, 9.17) is 0 Å². The van der Waals surface area contributed by atoms with Gasteiger partial charge >= 0.3 is 0 Å². The van der Waals surface area contributed by atoms with Crippen LogP contribution >= 0.6 is 0 Å². The lowest BCUT2D eigenvalue weighted by Gasteiger charge is -2.21. The fraction of sp³-hybridized carbons (Fsp3) is 0.643. The first-order valence-electron chi connectivity index (χ1n) is 7.16. The number of anilines is 1. The van der Waals surface area contributed by atoms with Crippen LogP contribution in [0.3, 0.4) is 0 Å². The van der Waals surface area contributed by atoms with Gasteiger partial charge in [-0.3, -0.25) is 4.79 Å². The zero-order valence-corrected chi connectivity index (χ0v) is 11.6. The highest BCUT2D eigenvalue weighted by Crippen LogP contribution is 2.17. The second-order valence-corrected chi connectivity index (χ2v) is 4.92. The van der Waals surface area contributed by atoms with E-state index in [1.54, 1.807) is 6.07 Å². The molecule has 1 amide bonds. The summed E-state index contributed by atoms with van der Waals surface area (Å²) in [6.45, 7) is 4.75. The van der Waals surface area contributed by atoms with Gasteiger partial charge < -0.3 is 10.2 Å². The fourth-order valence-corrected chi connectivity index (χ4v) is 2.27. The minimum atomic E-state index is -0.111. The van der Waals surface area contributed by atoms with Crippen molar-refractivity contribution in [2.75, 3.05) is 24.5 Å². The number of amides is 1. The molecular formula is C14H22N4O. The molecule has 1 aromatic heterocycles. The van der Waals surface area contributed by atoms with Crippen molar-refractivity contribution < 1.29 is 4.79 Å². The molecule has 1 aromatic rings. The third-order valence-electron chi connectivity index (χ3n) is 3.35. The molecule has 1 fully saturated rings. The predicted molar refractivity (Wildman–Crippen MR) is 75.3 cm³/mol. The minimum Gasteiger partial charge on any atom is -0.357 e. The standard InChI is InChI=1S/C14H22N4O/c1-2-7-15-14(19)12-10-13(17-11-16-12)18-8-5-3-4-6-9-18/h10-11H,2-9H2,1H3,(H,15,19). The van der Waals surface area contributed by atoms with Crippen molar-refractivity contribution in [3.63, 3.8) is 0 Å². The Labute approximate surface area is 114 Å². The molecule has 0 spiro atoms. The lowest BCUT2D eigenvalue weighted by molar-refractivity contribution is 0.0948. The van der Waals surface area contributed by atoms with E-state index in [1.807, 2.05) is 6.92 Å². The zero-order valence-electron chi connectivity index (χ0n) is 11.6. The summed E-state index contributed by atoms with van der Waals surface area (Å²) in [5.41, 5.74) is 0.461. The van der Waals surface area contributed by atoms with Gasteiger partial charge in [-0.25, -0.2) is 9.97 Å². The number of nitrogens with one attached hydrogen (secondary N) is 1. The molecule has 0 atom stereocenters. The summed E-state index contributed by atoms with van der Waals surface area (Å²) in [5.74, 6) is 0.763.